The first-order chi connectivity index (χ1) is 14.4. The summed E-state index contributed by atoms with van der Waals surface area (Å²) in [6, 6.07) is 14.3. The van der Waals surface area contributed by atoms with Crippen LogP contribution in [-0.2, 0) is 27.4 Å². The number of rotatable bonds is 8. The molecule has 0 atom stereocenters. The van der Waals surface area contributed by atoms with Gasteiger partial charge in [-0.2, -0.15) is 4.80 Å². The van der Waals surface area contributed by atoms with Gasteiger partial charge in [0, 0.05) is 24.6 Å². The maximum atomic E-state index is 12.2. The molecule has 0 saturated heterocycles. The van der Waals surface area contributed by atoms with E-state index in [2.05, 4.69) is 20.7 Å². The minimum absolute atomic E-state index is 0.130. The first-order valence-electron chi connectivity index (χ1n) is 9.28. The molecular formula is C21H21N5O4. The zero-order valence-corrected chi connectivity index (χ0v) is 16.7. The normalized spacial score (nSPS) is 10.5. The Morgan fingerprint density at radius 3 is 2.40 bits per heavy atom. The highest BCUT2D eigenvalue weighted by atomic mass is 16.5. The lowest BCUT2D eigenvalue weighted by molar-refractivity contribution is -0.143. The van der Waals surface area contributed by atoms with Gasteiger partial charge in [-0.05, 0) is 17.7 Å². The molecule has 0 aliphatic heterocycles. The van der Waals surface area contributed by atoms with Crippen molar-refractivity contribution in [2.45, 2.75) is 26.9 Å². The third kappa shape index (κ3) is 5.81. The molecule has 9 nitrogen and oxygen atoms in total. The Labute approximate surface area is 173 Å². The van der Waals surface area contributed by atoms with Gasteiger partial charge in [-0.3, -0.25) is 9.59 Å². The highest BCUT2D eigenvalue weighted by molar-refractivity contribution is 5.97. The second-order valence-electron chi connectivity index (χ2n) is 6.70. The van der Waals surface area contributed by atoms with Gasteiger partial charge < -0.3 is 10.1 Å². The van der Waals surface area contributed by atoms with Gasteiger partial charge in [0.1, 0.15) is 0 Å². The van der Waals surface area contributed by atoms with Crippen LogP contribution in [0.1, 0.15) is 28.4 Å². The van der Waals surface area contributed by atoms with Gasteiger partial charge in [0.25, 0.3) is 0 Å². The van der Waals surface area contributed by atoms with Crippen molar-refractivity contribution in [3.05, 3.63) is 65.2 Å². The highest BCUT2D eigenvalue weighted by Crippen LogP contribution is 2.14. The predicted octanol–water partition coefficient (Wildman–Crippen LogP) is 1.71. The molecule has 0 bridgehead atoms. The topological polar surface area (TPSA) is 116 Å². The Kier molecular flexibility index (Phi) is 6.63. The SMILES string of the molecule is CC(=O)NCc1ccc(C(=O)COC(=O)Cn2nnc(-c3ccc(C)cc3)n2)cc1. The lowest BCUT2D eigenvalue weighted by Gasteiger charge is -2.06. The van der Waals surface area contributed by atoms with Crippen LogP contribution in [0.3, 0.4) is 0 Å². The standard InChI is InChI=1S/C21H21N5O4/c1-14-3-7-18(8-4-14)21-23-25-26(24-21)12-20(29)30-13-19(28)17-9-5-16(6-10-17)11-22-15(2)27/h3-10H,11-13H2,1-2H3,(H,22,27). The number of aromatic nitrogens is 4. The fourth-order valence-corrected chi connectivity index (χ4v) is 2.55. The first kappa shape index (κ1) is 20.8. The summed E-state index contributed by atoms with van der Waals surface area (Å²) in [7, 11) is 0. The number of ketones is 1. The molecule has 0 unspecified atom stereocenters. The molecular weight excluding hydrogens is 386 g/mol. The van der Waals surface area contributed by atoms with E-state index < -0.39 is 5.97 Å². The number of Topliss-reactive ketones (excluding diaryl/α,β-unsaturated/α-hetero) is 1. The quantitative estimate of drug-likeness (QED) is 0.446. The van der Waals surface area contributed by atoms with Crippen LogP contribution in [0, 0.1) is 6.92 Å². The molecule has 30 heavy (non-hydrogen) atoms. The van der Waals surface area contributed by atoms with Crippen LogP contribution in [0.25, 0.3) is 11.4 Å². The molecule has 3 aromatic rings. The Morgan fingerprint density at radius 2 is 1.73 bits per heavy atom. The van der Waals surface area contributed by atoms with E-state index in [1.54, 1.807) is 24.3 Å². The molecule has 0 saturated carbocycles. The van der Waals surface area contributed by atoms with Crippen LogP contribution in [0.15, 0.2) is 48.5 Å². The van der Waals surface area contributed by atoms with Gasteiger partial charge in [0.2, 0.25) is 11.7 Å². The second-order valence-corrected chi connectivity index (χ2v) is 6.70. The van der Waals surface area contributed by atoms with E-state index in [-0.39, 0.29) is 24.8 Å². The van der Waals surface area contributed by atoms with Crippen LogP contribution in [-0.4, -0.2) is 44.5 Å². The number of carbonyl (C=O) groups excluding carboxylic acids is 3. The minimum atomic E-state index is -0.640. The summed E-state index contributed by atoms with van der Waals surface area (Å²) in [6.45, 7) is 3.16. The molecule has 1 N–H and O–H groups in total. The molecule has 1 heterocycles. The average molecular weight is 407 g/mol. The maximum Gasteiger partial charge on any atom is 0.330 e. The van der Waals surface area contributed by atoms with E-state index in [1.165, 1.54) is 6.92 Å². The molecule has 3 rings (SSSR count). The van der Waals surface area contributed by atoms with E-state index in [9.17, 15) is 14.4 Å². The molecule has 0 radical (unpaired) electrons. The highest BCUT2D eigenvalue weighted by Gasteiger charge is 2.13. The zero-order chi connectivity index (χ0) is 21.5. The summed E-state index contributed by atoms with van der Waals surface area (Å²) in [6.07, 6.45) is 0. The largest absolute Gasteiger partial charge is 0.456 e. The number of amides is 1. The first-order valence-corrected chi connectivity index (χ1v) is 9.28. The summed E-state index contributed by atoms with van der Waals surface area (Å²) in [5.74, 6) is -0.701. The third-order valence-corrected chi connectivity index (χ3v) is 4.21. The van der Waals surface area contributed by atoms with Gasteiger partial charge in [-0.25, -0.2) is 4.79 Å². The minimum Gasteiger partial charge on any atom is -0.456 e. The van der Waals surface area contributed by atoms with Crippen molar-refractivity contribution in [1.29, 1.82) is 0 Å². The Hall–Kier alpha value is -3.88. The number of tetrazole rings is 1. The summed E-state index contributed by atoms with van der Waals surface area (Å²) >= 11 is 0. The van der Waals surface area contributed by atoms with Gasteiger partial charge in [-0.1, -0.05) is 54.1 Å². The number of aryl methyl sites for hydroxylation is 1. The summed E-state index contributed by atoms with van der Waals surface area (Å²) in [5, 5.41) is 14.6. The molecule has 9 heteroatoms. The van der Waals surface area contributed by atoms with Crippen LogP contribution in [0.4, 0.5) is 0 Å². The number of carbonyl (C=O) groups is 3. The Bertz CT molecular complexity index is 1040. The van der Waals surface area contributed by atoms with Gasteiger partial charge in [0.15, 0.2) is 18.9 Å². The van der Waals surface area contributed by atoms with E-state index in [0.717, 1.165) is 21.5 Å². The van der Waals surface area contributed by atoms with Crippen molar-refractivity contribution in [2.24, 2.45) is 0 Å². The van der Waals surface area contributed by atoms with Crippen LogP contribution in [0.2, 0.25) is 0 Å². The predicted molar refractivity (Wildman–Crippen MR) is 107 cm³/mol. The molecule has 154 valence electrons. The Morgan fingerprint density at radius 1 is 1.03 bits per heavy atom. The number of hydrogen-bond donors (Lipinski definition) is 1. The van der Waals surface area contributed by atoms with Crippen LogP contribution >= 0.6 is 0 Å². The average Bonchev–Trinajstić information content (AvgIpc) is 3.19. The molecule has 0 aliphatic carbocycles. The number of nitrogens with zero attached hydrogens (tertiary/aromatic N) is 4. The summed E-state index contributed by atoms with van der Waals surface area (Å²) in [5.41, 5.74) is 3.18. The fourth-order valence-electron chi connectivity index (χ4n) is 2.55. The summed E-state index contributed by atoms with van der Waals surface area (Å²) < 4.78 is 5.03. The van der Waals surface area contributed by atoms with Crippen molar-refractivity contribution in [3.8, 4) is 11.4 Å². The van der Waals surface area contributed by atoms with E-state index in [0.29, 0.717) is 17.9 Å². The monoisotopic (exact) mass is 407 g/mol. The number of hydrogen-bond acceptors (Lipinski definition) is 7. The van der Waals surface area contributed by atoms with E-state index >= 15 is 0 Å². The van der Waals surface area contributed by atoms with E-state index in [4.69, 9.17) is 4.74 Å². The lowest BCUT2D eigenvalue weighted by Crippen LogP contribution is -2.20. The second kappa shape index (κ2) is 9.55. The zero-order valence-electron chi connectivity index (χ0n) is 16.7. The molecule has 1 amide bonds. The summed E-state index contributed by atoms with van der Waals surface area (Å²) in [4.78, 5) is 36.3. The maximum absolute atomic E-state index is 12.2. The third-order valence-electron chi connectivity index (χ3n) is 4.21. The van der Waals surface area contributed by atoms with Gasteiger partial charge in [-0.15, -0.1) is 10.2 Å². The van der Waals surface area contributed by atoms with Gasteiger partial charge >= 0.3 is 5.97 Å². The van der Waals surface area contributed by atoms with Crippen molar-refractivity contribution in [1.82, 2.24) is 25.5 Å². The molecule has 2 aromatic carbocycles. The number of benzene rings is 2. The molecule has 0 aliphatic rings. The van der Waals surface area contributed by atoms with Crippen LogP contribution in [0.5, 0.6) is 0 Å². The molecule has 1 aromatic heterocycles. The van der Waals surface area contributed by atoms with Crippen molar-refractivity contribution >= 4 is 17.7 Å². The van der Waals surface area contributed by atoms with Crippen molar-refractivity contribution < 1.29 is 19.1 Å². The van der Waals surface area contributed by atoms with Gasteiger partial charge in [0.05, 0.1) is 0 Å². The fraction of sp³-hybridized carbons (Fsp3) is 0.238. The number of ether oxygens (including phenoxy) is 1. The number of nitrogens with one attached hydrogen (secondary N) is 1. The lowest BCUT2D eigenvalue weighted by atomic mass is 10.1. The molecule has 0 spiro atoms. The smallest absolute Gasteiger partial charge is 0.330 e. The van der Waals surface area contributed by atoms with Crippen molar-refractivity contribution in [2.75, 3.05) is 6.61 Å². The van der Waals surface area contributed by atoms with Crippen molar-refractivity contribution in [3.63, 3.8) is 0 Å². The van der Waals surface area contributed by atoms with Crippen LogP contribution < -0.4 is 5.32 Å². The van der Waals surface area contributed by atoms with E-state index in [1.807, 2.05) is 31.2 Å². The number of esters is 1. The molecule has 0 fully saturated rings. The Balaban J connectivity index is 1.49.